The molecule has 0 aromatic carbocycles. The van der Waals surface area contributed by atoms with Crippen LogP contribution in [-0.2, 0) is 4.74 Å². The third kappa shape index (κ3) is 4.03. The second-order valence-electron chi connectivity index (χ2n) is 1.96. The number of hydrogen-bond donors (Lipinski definition) is 1. The minimum Gasteiger partial charge on any atom is -0.501 e. The minimum atomic E-state index is 0.199. The molecule has 0 rings (SSSR count). The number of rotatable bonds is 5. The van der Waals surface area contributed by atoms with E-state index in [2.05, 4.69) is 6.58 Å². The molecular weight excluding hydrogens is 116 g/mol. The molecule has 1 N–H and O–H groups in total. The Labute approximate surface area is 56.1 Å². The third-order valence-corrected chi connectivity index (χ3v) is 1.29. The van der Waals surface area contributed by atoms with Gasteiger partial charge in [-0.3, -0.25) is 0 Å². The maximum atomic E-state index is 8.64. The summed E-state index contributed by atoms with van der Waals surface area (Å²) in [4.78, 5) is 0. The van der Waals surface area contributed by atoms with Gasteiger partial charge in [0, 0.05) is 12.5 Å². The Morgan fingerprint density at radius 2 is 2.44 bits per heavy atom. The van der Waals surface area contributed by atoms with Crippen LogP contribution in [0.3, 0.4) is 0 Å². The Morgan fingerprint density at radius 1 is 1.78 bits per heavy atom. The average Bonchev–Trinajstić information content (AvgIpc) is 1.91. The maximum Gasteiger partial charge on any atom is 0.0922 e. The van der Waals surface area contributed by atoms with Crippen LogP contribution in [0, 0.1) is 5.92 Å². The Kier molecular flexibility index (Phi) is 5.32. The highest BCUT2D eigenvalue weighted by Crippen LogP contribution is 2.00. The zero-order valence-electron chi connectivity index (χ0n) is 5.84. The number of ether oxygens (including phenoxy) is 1. The lowest BCUT2D eigenvalue weighted by molar-refractivity contribution is 0.133. The van der Waals surface area contributed by atoms with Gasteiger partial charge in [-0.15, -0.1) is 0 Å². The molecule has 0 aromatic rings. The van der Waals surface area contributed by atoms with E-state index in [0.717, 1.165) is 6.42 Å². The summed E-state index contributed by atoms with van der Waals surface area (Å²) < 4.78 is 4.88. The van der Waals surface area contributed by atoms with E-state index >= 15 is 0 Å². The van der Waals surface area contributed by atoms with E-state index in [1.807, 2.05) is 6.92 Å². The summed E-state index contributed by atoms with van der Waals surface area (Å²) in [6.07, 6.45) is 2.35. The largest absolute Gasteiger partial charge is 0.501 e. The lowest BCUT2D eigenvalue weighted by Crippen LogP contribution is -2.10. The van der Waals surface area contributed by atoms with Crippen molar-refractivity contribution in [2.45, 2.75) is 13.3 Å². The predicted molar refractivity (Wildman–Crippen MR) is 37.0 cm³/mol. The monoisotopic (exact) mass is 130 g/mol. The lowest BCUT2D eigenvalue weighted by Gasteiger charge is -2.09. The summed E-state index contributed by atoms with van der Waals surface area (Å²) in [5.74, 6) is 0.267. The summed E-state index contributed by atoms with van der Waals surface area (Å²) >= 11 is 0. The molecule has 0 aliphatic carbocycles. The van der Waals surface area contributed by atoms with Gasteiger partial charge in [-0.05, 0) is 6.42 Å². The molecule has 2 heteroatoms. The quantitative estimate of drug-likeness (QED) is 0.566. The fraction of sp³-hybridized carbons (Fsp3) is 0.714. The van der Waals surface area contributed by atoms with Crippen LogP contribution in [0.5, 0.6) is 0 Å². The molecule has 54 valence electrons. The van der Waals surface area contributed by atoms with Crippen molar-refractivity contribution < 1.29 is 9.84 Å². The van der Waals surface area contributed by atoms with Gasteiger partial charge in [0.05, 0.1) is 12.9 Å². The first-order valence-corrected chi connectivity index (χ1v) is 3.18. The Bertz CT molecular complexity index is 67.3. The van der Waals surface area contributed by atoms with Crippen LogP contribution in [0.2, 0.25) is 0 Å². The minimum absolute atomic E-state index is 0.199. The molecular formula is C7H14O2. The molecule has 1 unspecified atom stereocenters. The molecule has 2 nitrogen and oxygen atoms in total. The maximum absolute atomic E-state index is 8.64. The van der Waals surface area contributed by atoms with Crippen molar-refractivity contribution in [3.05, 3.63) is 12.8 Å². The SMILES string of the molecule is C=COCC(CC)CO. The van der Waals surface area contributed by atoms with Gasteiger partial charge in [0.25, 0.3) is 0 Å². The first-order chi connectivity index (χ1) is 4.35. The normalized spacial score (nSPS) is 12.7. The summed E-state index contributed by atoms with van der Waals surface area (Å²) in [5, 5.41) is 8.64. The summed E-state index contributed by atoms with van der Waals surface area (Å²) in [5.41, 5.74) is 0. The van der Waals surface area contributed by atoms with Gasteiger partial charge in [0.1, 0.15) is 0 Å². The highest BCUT2D eigenvalue weighted by Gasteiger charge is 2.01. The van der Waals surface area contributed by atoms with E-state index in [9.17, 15) is 0 Å². The molecule has 0 aliphatic heterocycles. The Hall–Kier alpha value is -0.500. The highest BCUT2D eigenvalue weighted by atomic mass is 16.5. The molecule has 0 saturated heterocycles. The zero-order chi connectivity index (χ0) is 7.11. The molecule has 0 aliphatic rings. The average molecular weight is 130 g/mol. The van der Waals surface area contributed by atoms with Gasteiger partial charge in [-0.25, -0.2) is 0 Å². The first kappa shape index (κ1) is 8.50. The predicted octanol–water partition coefficient (Wildman–Crippen LogP) is 1.16. The van der Waals surface area contributed by atoms with E-state index in [1.54, 1.807) is 0 Å². The smallest absolute Gasteiger partial charge is 0.0922 e. The van der Waals surface area contributed by atoms with Crippen LogP contribution >= 0.6 is 0 Å². The topological polar surface area (TPSA) is 29.5 Å². The molecule has 0 aromatic heterocycles. The van der Waals surface area contributed by atoms with Gasteiger partial charge in [-0.2, -0.15) is 0 Å². The number of aliphatic hydroxyl groups excluding tert-OH is 1. The van der Waals surface area contributed by atoms with E-state index in [-0.39, 0.29) is 12.5 Å². The highest BCUT2D eigenvalue weighted by molar-refractivity contribution is 4.56. The van der Waals surface area contributed by atoms with E-state index < -0.39 is 0 Å². The van der Waals surface area contributed by atoms with E-state index in [0.29, 0.717) is 6.61 Å². The fourth-order valence-corrected chi connectivity index (χ4v) is 0.504. The number of aliphatic hydroxyl groups is 1. The molecule has 0 bridgehead atoms. The summed E-state index contributed by atoms with van der Waals surface area (Å²) in [6.45, 7) is 6.20. The van der Waals surface area contributed by atoms with Crippen molar-refractivity contribution in [1.82, 2.24) is 0 Å². The molecule has 9 heavy (non-hydrogen) atoms. The molecule has 0 amide bonds. The molecule has 1 atom stereocenters. The standard InChI is InChI=1S/C7H14O2/c1-3-7(5-8)6-9-4-2/h4,7-8H,2-3,5-6H2,1H3. The van der Waals surface area contributed by atoms with E-state index in [1.165, 1.54) is 6.26 Å². The second kappa shape index (κ2) is 5.63. The van der Waals surface area contributed by atoms with Crippen LogP contribution in [0.25, 0.3) is 0 Å². The van der Waals surface area contributed by atoms with Crippen LogP contribution in [-0.4, -0.2) is 18.3 Å². The first-order valence-electron chi connectivity index (χ1n) is 3.18. The van der Waals surface area contributed by atoms with Crippen molar-refractivity contribution in [1.29, 1.82) is 0 Å². The van der Waals surface area contributed by atoms with Crippen molar-refractivity contribution in [3.63, 3.8) is 0 Å². The van der Waals surface area contributed by atoms with E-state index in [4.69, 9.17) is 9.84 Å². The van der Waals surface area contributed by atoms with Gasteiger partial charge >= 0.3 is 0 Å². The van der Waals surface area contributed by atoms with Gasteiger partial charge in [0.2, 0.25) is 0 Å². The van der Waals surface area contributed by atoms with Crippen LogP contribution in [0.1, 0.15) is 13.3 Å². The summed E-state index contributed by atoms with van der Waals surface area (Å²) in [7, 11) is 0. The Balaban J connectivity index is 3.19. The summed E-state index contributed by atoms with van der Waals surface area (Å²) in [6, 6.07) is 0. The fourth-order valence-electron chi connectivity index (χ4n) is 0.504. The molecule has 0 radical (unpaired) electrons. The lowest BCUT2D eigenvalue weighted by atomic mass is 10.1. The van der Waals surface area contributed by atoms with Crippen molar-refractivity contribution in [2.75, 3.05) is 13.2 Å². The van der Waals surface area contributed by atoms with Crippen LogP contribution in [0.15, 0.2) is 12.8 Å². The van der Waals surface area contributed by atoms with Crippen molar-refractivity contribution in [3.8, 4) is 0 Å². The molecule has 0 saturated carbocycles. The van der Waals surface area contributed by atoms with Gasteiger partial charge in [-0.1, -0.05) is 13.5 Å². The molecule has 0 spiro atoms. The van der Waals surface area contributed by atoms with Crippen molar-refractivity contribution >= 4 is 0 Å². The number of hydrogen-bond acceptors (Lipinski definition) is 2. The molecule has 0 heterocycles. The van der Waals surface area contributed by atoms with Crippen LogP contribution < -0.4 is 0 Å². The Morgan fingerprint density at radius 3 is 2.78 bits per heavy atom. The molecule has 0 fully saturated rings. The van der Waals surface area contributed by atoms with Crippen molar-refractivity contribution in [2.24, 2.45) is 5.92 Å². The van der Waals surface area contributed by atoms with Gasteiger partial charge < -0.3 is 9.84 Å². The van der Waals surface area contributed by atoms with Gasteiger partial charge in [0.15, 0.2) is 0 Å². The zero-order valence-corrected chi connectivity index (χ0v) is 5.84. The second-order valence-corrected chi connectivity index (χ2v) is 1.96. The van der Waals surface area contributed by atoms with Crippen LogP contribution in [0.4, 0.5) is 0 Å². The third-order valence-electron chi connectivity index (χ3n) is 1.29.